The van der Waals surface area contributed by atoms with Gasteiger partial charge in [0.25, 0.3) is 0 Å². The van der Waals surface area contributed by atoms with Crippen LogP contribution in [0, 0.1) is 5.41 Å². The number of hydrogen-bond acceptors (Lipinski definition) is 2. The Morgan fingerprint density at radius 3 is 2.60 bits per heavy atom. The van der Waals surface area contributed by atoms with Gasteiger partial charge in [0.2, 0.25) is 0 Å². The Hall–Kier alpha value is -0.370. The number of ketones is 1. The zero-order valence-electron chi connectivity index (χ0n) is 6.10. The van der Waals surface area contributed by atoms with E-state index in [9.17, 15) is 4.79 Å². The second-order valence-corrected chi connectivity index (χ2v) is 3.78. The third kappa shape index (κ3) is 0.870. The van der Waals surface area contributed by atoms with Gasteiger partial charge in [-0.15, -0.1) is 0 Å². The quantitative estimate of drug-likeness (QED) is 0.540. The minimum absolute atomic E-state index is 0.128. The van der Waals surface area contributed by atoms with Crippen molar-refractivity contribution in [2.75, 3.05) is 0 Å². The van der Waals surface area contributed by atoms with Gasteiger partial charge in [0, 0.05) is 6.42 Å². The van der Waals surface area contributed by atoms with E-state index in [1.54, 1.807) is 0 Å². The lowest BCUT2D eigenvalue weighted by Crippen LogP contribution is -2.37. The number of Topliss-reactive ketones (excluding diaryl/α,β-unsaturated/α-hetero) is 1. The smallest absolute Gasteiger partial charge is 0.149 e. The van der Waals surface area contributed by atoms with Gasteiger partial charge in [0.15, 0.2) is 0 Å². The Morgan fingerprint density at radius 2 is 2.10 bits per heavy atom. The molecule has 0 radical (unpaired) electrons. The summed E-state index contributed by atoms with van der Waals surface area (Å²) in [5, 5.41) is 0. The molecule has 0 aromatic carbocycles. The van der Waals surface area contributed by atoms with Gasteiger partial charge in [0.05, 0.1) is 6.04 Å². The number of nitrogens with two attached hydrogens (primary N) is 1. The molecule has 2 saturated carbocycles. The molecule has 0 unspecified atom stereocenters. The monoisotopic (exact) mass is 139 g/mol. The Balaban J connectivity index is 2.04. The van der Waals surface area contributed by atoms with E-state index in [0.717, 1.165) is 19.3 Å². The second kappa shape index (κ2) is 1.82. The average molecular weight is 139 g/mol. The molecular formula is C8H13NO. The average Bonchev–Trinajstić information content (AvgIpc) is 2.62. The lowest BCUT2D eigenvalue weighted by Gasteiger charge is -2.24. The topological polar surface area (TPSA) is 43.1 Å². The first-order chi connectivity index (χ1) is 4.72. The SMILES string of the molecule is N[C@H]1CC2(CCC1=O)CC2. The Morgan fingerprint density at radius 1 is 1.40 bits per heavy atom. The van der Waals surface area contributed by atoms with Gasteiger partial charge in [0.1, 0.15) is 5.78 Å². The molecular weight excluding hydrogens is 126 g/mol. The minimum Gasteiger partial charge on any atom is -0.321 e. The molecule has 2 N–H and O–H groups in total. The molecule has 1 spiro atoms. The van der Waals surface area contributed by atoms with E-state index in [0.29, 0.717) is 5.41 Å². The minimum atomic E-state index is -0.128. The molecule has 2 aliphatic rings. The number of hydrogen-bond donors (Lipinski definition) is 1. The molecule has 1 atom stereocenters. The Labute approximate surface area is 60.8 Å². The van der Waals surface area contributed by atoms with Crippen molar-refractivity contribution >= 4 is 5.78 Å². The van der Waals surface area contributed by atoms with Crippen molar-refractivity contribution in [3.05, 3.63) is 0 Å². The first-order valence-corrected chi connectivity index (χ1v) is 4.00. The summed E-state index contributed by atoms with van der Waals surface area (Å²) in [4.78, 5) is 11.0. The second-order valence-electron chi connectivity index (χ2n) is 3.78. The largest absolute Gasteiger partial charge is 0.321 e. The maximum absolute atomic E-state index is 11.0. The molecule has 2 rings (SSSR count). The maximum Gasteiger partial charge on any atom is 0.149 e. The van der Waals surface area contributed by atoms with Crippen LogP contribution in [0.5, 0.6) is 0 Å². The molecule has 0 heterocycles. The van der Waals surface area contributed by atoms with Crippen LogP contribution in [0.3, 0.4) is 0 Å². The lowest BCUT2D eigenvalue weighted by atomic mass is 9.83. The van der Waals surface area contributed by atoms with E-state index >= 15 is 0 Å². The molecule has 0 aromatic heterocycles. The highest BCUT2D eigenvalue weighted by atomic mass is 16.1. The van der Waals surface area contributed by atoms with Crippen molar-refractivity contribution in [1.82, 2.24) is 0 Å². The first kappa shape index (κ1) is 6.35. The van der Waals surface area contributed by atoms with Gasteiger partial charge in [-0.25, -0.2) is 0 Å². The van der Waals surface area contributed by atoms with E-state index in [1.807, 2.05) is 0 Å². The van der Waals surface area contributed by atoms with Crippen molar-refractivity contribution < 1.29 is 4.79 Å². The third-order valence-electron chi connectivity index (χ3n) is 2.93. The van der Waals surface area contributed by atoms with E-state index in [4.69, 9.17) is 5.73 Å². The number of rotatable bonds is 0. The number of carbonyl (C=O) groups excluding carboxylic acids is 1. The van der Waals surface area contributed by atoms with Gasteiger partial charge in [-0.3, -0.25) is 4.79 Å². The fourth-order valence-corrected chi connectivity index (χ4v) is 1.89. The van der Waals surface area contributed by atoms with Crippen LogP contribution in [0.2, 0.25) is 0 Å². The highest BCUT2D eigenvalue weighted by Crippen LogP contribution is 2.55. The molecule has 2 heteroatoms. The van der Waals surface area contributed by atoms with Crippen molar-refractivity contribution in [2.24, 2.45) is 11.1 Å². The first-order valence-electron chi connectivity index (χ1n) is 4.00. The highest BCUT2D eigenvalue weighted by molar-refractivity contribution is 5.84. The lowest BCUT2D eigenvalue weighted by molar-refractivity contribution is -0.122. The van der Waals surface area contributed by atoms with Crippen LogP contribution in [0.25, 0.3) is 0 Å². The molecule has 56 valence electrons. The summed E-state index contributed by atoms with van der Waals surface area (Å²) in [6.07, 6.45) is 5.44. The summed E-state index contributed by atoms with van der Waals surface area (Å²) in [5.74, 6) is 0.275. The summed E-state index contributed by atoms with van der Waals surface area (Å²) >= 11 is 0. The standard InChI is InChI=1S/C8H13NO/c9-6-5-8(3-4-8)2-1-7(6)10/h6H,1-5,9H2/t6-/m0/s1. The fraction of sp³-hybridized carbons (Fsp3) is 0.875. The molecule has 0 aliphatic heterocycles. The molecule has 10 heavy (non-hydrogen) atoms. The zero-order chi connectivity index (χ0) is 7.19. The highest BCUT2D eigenvalue weighted by Gasteiger charge is 2.47. The predicted octanol–water partition coefficient (Wildman–Crippen LogP) is 0.847. The summed E-state index contributed by atoms with van der Waals surface area (Å²) in [6.45, 7) is 0. The predicted molar refractivity (Wildman–Crippen MR) is 38.5 cm³/mol. The molecule has 2 fully saturated rings. The normalized spacial score (nSPS) is 36.5. The molecule has 2 aliphatic carbocycles. The summed E-state index contributed by atoms with van der Waals surface area (Å²) in [5.41, 5.74) is 6.18. The van der Waals surface area contributed by atoms with Crippen LogP contribution in [-0.4, -0.2) is 11.8 Å². The van der Waals surface area contributed by atoms with Gasteiger partial charge < -0.3 is 5.73 Å². The Kier molecular flexibility index (Phi) is 1.15. The number of carbonyl (C=O) groups is 1. The summed E-state index contributed by atoms with van der Waals surface area (Å²) < 4.78 is 0. The van der Waals surface area contributed by atoms with Crippen LogP contribution < -0.4 is 5.73 Å². The van der Waals surface area contributed by atoms with Crippen molar-refractivity contribution in [3.63, 3.8) is 0 Å². The van der Waals surface area contributed by atoms with E-state index in [2.05, 4.69) is 0 Å². The zero-order valence-corrected chi connectivity index (χ0v) is 6.10. The van der Waals surface area contributed by atoms with Crippen molar-refractivity contribution in [3.8, 4) is 0 Å². The molecule has 0 amide bonds. The van der Waals surface area contributed by atoms with E-state index in [1.165, 1.54) is 12.8 Å². The Bertz CT molecular complexity index is 172. The van der Waals surface area contributed by atoms with Gasteiger partial charge >= 0.3 is 0 Å². The van der Waals surface area contributed by atoms with Crippen LogP contribution in [0.1, 0.15) is 32.1 Å². The van der Waals surface area contributed by atoms with Gasteiger partial charge in [-0.2, -0.15) is 0 Å². The molecule has 0 aromatic rings. The van der Waals surface area contributed by atoms with Crippen molar-refractivity contribution in [2.45, 2.75) is 38.1 Å². The molecule has 2 nitrogen and oxygen atoms in total. The van der Waals surface area contributed by atoms with Crippen molar-refractivity contribution in [1.29, 1.82) is 0 Å². The van der Waals surface area contributed by atoms with Gasteiger partial charge in [-0.05, 0) is 31.1 Å². The maximum atomic E-state index is 11.0. The summed E-state index contributed by atoms with van der Waals surface area (Å²) in [6, 6.07) is -0.128. The van der Waals surface area contributed by atoms with Crippen LogP contribution in [0.15, 0.2) is 0 Å². The molecule has 0 bridgehead atoms. The fourth-order valence-electron chi connectivity index (χ4n) is 1.89. The van der Waals surface area contributed by atoms with E-state index < -0.39 is 0 Å². The van der Waals surface area contributed by atoms with Crippen LogP contribution >= 0.6 is 0 Å². The molecule has 0 saturated heterocycles. The summed E-state index contributed by atoms with van der Waals surface area (Å²) in [7, 11) is 0. The van der Waals surface area contributed by atoms with Gasteiger partial charge in [-0.1, -0.05) is 0 Å². The van der Waals surface area contributed by atoms with E-state index in [-0.39, 0.29) is 11.8 Å². The van der Waals surface area contributed by atoms with Crippen LogP contribution in [-0.2, 0) is 4.79 Å². The third-order valence-corrected chi connectivity index (χ3v) is 2.93. The van der Waals surface area contributed by atoms with Crippen LogP contribution in [0.4, 0.5) is 0 Å².